The van der Waals surface area contributed by atoms with Gasteiger partial charge in [0.15, 0.2) is 0 Å². The lowest BCUT2D eigenvalue weighted by molar-refractivity contribution is -0.160. The van der Waals surface area contributed by atoms with Gasteiger partial charge in [0.1, 0.15) is 0 Å². The van der Waals surface area contributed by atoms with E-state index in [-0.39, 0.29) is 18.0 Å². The maximum absolute atomic E-state index is 11.3. The van der Waals surface area contributed by atoms with Crippen LogP contribution in [-0.2, 0) is 23.8 Å². The van der Waals surface area contributed by atoms with E-state index in [0.29, 0.717) is 12.3 Å². The SMILES string of the molecule is COC(=O)C1(C)CC(CCOS(C)(=O)=O)C1. The van der Waals surface area contributed by atoms with Crippen LogP contribution in [0.15, 0.2) is 0 Å². The third-order valence-electron chi connectivity index (χ3n) is 2.98. The summed E-state index contributed by atoms with van der Waals surface area (Å²) in [6.45, 7) is 2.06. The van der Waals surface area contributed by atoms with Crippen LogP contribution >= 0.6 is 0 Å². The molecule has 5 nitrogen and oxygen atoms in total. The number of carbonyl (C=O) groups excluding carboxylic acids is 1. The minimum atomic E-state index is -3.35. The van der Waals surface area contributed by atoms with Crippen LogP contribution in [0.1, 0.15) is 26.2 Å². The van der Waals surface area contributed by atoms with Crippen molar-refractivity contribution < 1.29 is 22.1 Å². The fourth-order valence-corrected chi connectivity index (χ4v) is 2.60. The Morgan fingerprint density at radius 3 is 2.44 bits per heavy atom. The van der Waals surface area contributed by atoms with Gasteiger partial charge < -0.3 is 4.74 Å². The number of methoxy groups -OCH3 is 1. The van der Waals surface area contributed by atoms with Crippen molar-refractivity contribution in [2.45, 2.75) is 26.2 Å². The standard InChI is InChI=1S/C10H18O5S/c1-10(9(11)14-2)6-8(7-10)4-5-15-16(3,12)13/h8H,4-7H2,1-3H3. The van der Waals surface area contributed by atoms with Crippen LogP contribution in [0.3, 0.4) is 0 Å². The molecule has 1 saturated carbocycles. The molecule has 0 saturated heterocycles. The zero-order valence-electron chi connectivity index (χ0n) is 9.86. The molecule has 1 fully saturated rings. The van der Waals surface area contributed by atoms with E-state index in [4.69, 9.17) is 4.74 Å². The molecule has 0 N–H and O–H groups in total. The number of rotatable bonds is 5. The molecule has 94 valence electrons. The Balaban J connectivity index is 2.24. The van der Waals surface area contributed by atoms with Crippen molar-refractivity contribution in [3.05, 3.63) is 0 Å². The highest BCUT2D eigenvalue weighted by atomic mass is 32.2. The molecule has 16 heavy (non-hydrogen) atoms. The normalized spacial score (nSPS) is 29.6. The van der Waals surface area contributed by atoms with E-state index in [2.05, 4.69) is 4.18 Å². The molecule has 0 radical (unpaired) electrons. The average molecular weight is 250 g/mol. The molecule has 6 heteroatoms. The smallest absolute Gasteiger partial charge is 0.311 e. The number of ether oxygens (including phenoxy) is 1. The van der Waals surface area contributed by atoms with E-state index in [1.165, 1.54) is 7.11 Å². The number of carbonyl (C=O) groups is 1. The molecule has 0 aliphatic heterocycles. The van der Waals surface area contributed by atoms with Gasteiger partial charge in [0.05, 0.1) is 25.4 Å². The van der Waals surface area contributed by atoms with Crippen molar-refractivity contribution >= 4 is 16.1 Å². The summed E-state index contributed by atoms with van der Waals surface area (Å²) in [5, 5.41) is 0. The summed E-state index contributed by atoms with van der Waals surface area (Å²) in [6.07, 6.45) is 3.19. The topological polar surface area (TPSA) is 69.7 Å². The second-order valence-electron chi connectivity index (χ2n) is 4.64. The third kappa shape index (κ3) is 3.45. The first kappa shape index (κ1) is 13.4. The third-order valence-corrected chi connectivity index (χ3v) is 3.57. The van der Waals surface area contributed by atoms with Crippen molar-refractivity contribution in [1.82, 2.24) is 0 Å². The van der Waals surface area contributed by atoms with Crippen LogP contribution < -0.4 is 0 Å². The molecule has 0 heterocycles. The lowest BCUT2D eigenvalue weighted by Crippen LogP contribution is -2.42. The average Bonchev–Trinajstić information content (AvgIpc) is 2.11. The molecule has 0 atom stereocenters. The van der Waals surface area contributed by atoms with Gasteiger partial charge in [0.2, 0.25) is 0 Å². The van der Waals surface area contributed by atoms with E-state index in [0.717, 1.165) is 19.1 Å². The van der Waals surface area contributed by atoms with Crippen LogP contribution in [0.25, 0.3) is 0 Å². The fourth-order valence-electron chi connectivity index (χ4n) is 2.20. The highest BCUT2D eigenvalue weighted by Gasteiger charge is 2.46. The van der Waals surface area contributed by atoms with Gasteiger partial charge in [-0.25, -0.2) is 0 Å². The summed E-state index contributed by atoms with van der Waals surface area (Å²) < 4.78 is 30.8. The molecule has 0 aromatic carbocycles. The highest BCUT2D eigenvalue weighted by Crippen LogP contribution is 2.47. The van der Waals surface area contributed by atoms with Crippen molar-refractivity contribution in [2.75, 3.05) is 20.0 Å². The first-order chi connectivity index (χ1) is 7.27. The zero-order chi connectivity index (χ0) is 12.4. The summed E-state index contributed by atoms with van der Waals surface area (Å²) in [6, 6.07) is 0. The molecule has 1 aliphatic carbocycles. The Bertz CT molecular complexity index is 353. The quantitative estimate of drug-likeness (QED) is 0.536. The summed E-state index contributed by atoms with van der Waals surface area (Å²) in [5.74, 6) is 0.165. The molecule has 0 unspecified atom stereocenters. The van der Waals surface area contributed by atoms with E-state index in [9.17, 15) is 13.2 Å². The molecule has 0 spiro atoms. The van der Waals surface area contributed by atoms with Crippen molar-refractivity contribution in [2.24, 2.45) is 11.3 Å². The number of esters is 1. The lowest BCUT2D eigenvalue weighted by atomic mass is 9.62. The fraction of sp³-hybridized carbons (Fsp3) is 0.900. The monoisotopic (exact) mass is 250 g/mol. The summed E-state index contributed by atoms with van der Waals surface area (Å²) in [7, 11) is -1.96. The second kappa shape index (κ2) is 4.71. The van der Waals surface area contributed by atoms with E-state index < -0.39 is 10.1 Å². The lowest BCUT2D eigenvalue weighted by Gasteiger charge is -2.42. The first-order valence-corrected chi connectivity index (χ1v) is 7.01. The molecule has 0 aromatic heterocycles. The van der Waals surface area contributed by atoms with Gasteiger partial charge in [-0.1, -0.05) is 0 Å². The van der Waals surface area contributed by atoms with E-state index in [1.54, 1.807) is 0 Å². The largest absolute Gasteiger partial charge is 0.469 e. The van der Waals surface area contributed by atoms with E-state index in [1.807, 2.05) is 6.92 Å². The summed E-state index contributed by atoms with van der Waals surface area (Å²) in [5.41, 5.74) is -0.384. The number of hydrogen-bond donors (Lipinski definition) is 0. The van der Waals surface area contributed by atoms with Gasteiger partial charge in [0, 0.05) is 0 Å². The van der Waals surface area contributed by atoms with Crippen LogP contribution in [0.2, 0.25) is 0 Å². The Kier molecular flexibility index (Phi) is 3.96. The van der Waals surface area contributed by atoms with Gasteiger partial charge in [0.25, 0.3) is 10.1 Å². The van der Waals surface area contributed by atoms with Gasteiger partial charge in [-0.3, -0.25) is 8.98 Å². The molecular formula is C10H18O5S. The zero-order valence-corrected chi connectivity index (χ0v) is 10.7. The number of hydrogen-bond acceptors (Lipinski definition) is 5. The van der Waals surface area contributed by atoms with Crippen molar-refractivity contribution in [3.8, 4) is 0 Å². The summed E-state index contributed by atoms with van der Waals surface area (Å²) in [4.78, 5) is 11.3. The molecule has 0 amide bonds. The Hall–Kier alpha value is -0.620. The summed E-state index contributed by atoms with van der Waals surface area (Å²) >= 11 is 0. The van der Waals surface area contributed by atoms with Gasteiger partial charge in [-0.15, -0.1) is 0 Å². The Labute approximate surface area is 96.2 Å². The van der Waals surface area contributed by atoms with Gasteiger partial charge >= 0.3 is 5.97 Å². The van der Waals surface area contributed by atoms with Crippen LogP contribution in [0.5, 0.6) is 0 Å². The van der Waals surface area contributed by atoms with Crippen LogP contribution in [0.4, 0.5) is 0 Å². The Morgan fingerprint density at radius 2 is 2.00 bits per heavy atom. The van der Waals surface area contributed by atoms with Crippen molar-refractivity contribution in [3.63, 3.8) is 0 Å². The molecular weight excluding hydrogens is 232 g/mol. The van der Waals surface area contributed by atoms with Crippen LogP contribution in [0, 0.1) is 11.3 Å². The minimum absolute atomic E-state index is 0.187. The second-order valence-corrected chi connectivity index (χ2v) is 6.29. The van der Waals surface area contributed by atoms with Crippen LogP contribution in [-0.4, -0.2) is 34.4 Å². The van der Waals surface area contributed by atoms with E-state index >= 15 is 0 Å². The molecule has 1 rings (SSSR count). The first-order valence-electron chi connectivity index (χ1n) is 5.20. The maximum atomic E-state index is 11.3. The molecule has 1 aliphatic rings. The Morgan fingerprint density at radius 1 is 1.44 bits per heavy atom. The predicted molar refractivity (Wildman–Crippen MR) is 58.3 cm³/mol. The highest BCUT2D eigenvalue weighted by molar-refractivity contribution is 7.85. The van der Waals surface area contributed by atoms with Gasteiger partial charge in [-0.2, -0.15) is 8.42 Å². The minimum Gasteiger partial charge on any atom is -0.469 e. The maximum Gasteiger partial charge on any atom is 0.311 e. The predicted octanol–water partition coefficient (Wildman–Crippen LogP) is 0.942. The van der Waals surface area contributed by atoms with Crippen molar-refractivity contribution in [1.29, 1.82) is 0 Å². The molecule has 0 aromatic rings. The molecule has 0 bridgehead atoms. The van der Waals surface area contributed by atoms with Gasteiger partial charge in [-0.05, 0) is 32.1 Å².